The van der Waals surface area contributed by atoms with Crippen molar-refractivity contribution < 1.29 is 8.83 Å². The van der Waals surface area contributed by atoms with Crippen LogP contribution < -0.4 is 5.63 Å². The molecule has 0 aliphatic rings. The van der Waals surface area contributed by atoms with Crippen molar-refractivity contribution in [2.24, 2.45) is 0 Å². The molecule has 7 aromatic carbocycles. The lowest BCUT2D eigenvalue weighted by Gasteiger charge is -2.10. The van der Waals surface area contributed by atoms with E-state index in [2.05, 4.69) is 102 Å². The summed E-state index contributed by atoms with van der Waals surface area (Å²) in [5, 5.41) is 6.81. The van der Waals surface area contributed by atoms with Gasteiger partial charge < -0.3 is 13.4 Å². The maximum atomic E-state index is 13.5. The van der Waals surface area contributed by atoms with Crippen LogP contribution in [0.15, 0.2) is 165 Å². The number of fused-ring (bicyclic) bond motifs is 9. The Morgan fingerprint density at radius 1 is 0.404 bits per heavy atom. The third kappa shape index (κ3) is 3.85. The van der Waals surface area contributed by atoms with Crippen LogP contribution in [-0.4, -0.2) is 4.57 Å². The van der Waals surface area contributed by atoms with E-state index in [0.29, 0.717) is 11.0 Å². The molecule has 10 rings (SSSR count). The molecule has 0 bridgehead atoms. The topological polar surface area (TPSA) is 48.3 Å². The van der Waals surface area contributed by atoms with E-state index in [1.54, 1.807) is 0 Å². The molecule has 47 heavy (non-hydrogen) atoms. The first kappa shape index (κ1) is 25.9. The number of hydrogen-bond donors (Lipinski definition) is 0. The third-order valence-electron chi connectivity index (χ3n) is 9.45. The second-order valence-electron chi connectivity index (χ2n) is 12.1. The van der Waals surface area contributed by atoms with Gasteiger partial charge in [0.05, 0.1) is 16.4 Å². The molecule has 10 aromatic rings. The summed E-state index contributed by atoms with van der Waals surface area (Å²) in [4.78, 5) is 13.5. The van der Waals surface area contributed by atoms with E-state index < -0.39 is 0 Å². The van der Waals surface area contributed by atoms with Gasteiger partial charge in [0.1, 0.15) is 16.7 Å². The lowest BCUT2D eigenvalue weighted by molar-refractivity contribution is 0.570. The van der Waals surface area contributed by atoms with E-state index in [9.17, 15) is 4.79 Å². The zero-order valence-electron chi connectivity index (χ0n) is 25.1. The fraction of sp³-hybridized carbons (Fsp3) is 0. The zero-order chi connectivity index (χ0) is 31.1. The van der Waals surface area contributed by atoms with Crippen molar-refractivity contribution >= 4 is 65.5 Å². The Labute approximate surface area is 268 Å². The van der Waals surface area contributed by atoms with Gasteiger partial charge in [-0.15, -0.1) is 0 Å². The Balaban J connectivity index is 1.11. The number of rotatable bonds is 3. The van der Waals surface area contributed by atoms with Gasteiger partial charge in [0, 0.05) is 32.6 Å². The predicted octanol–water partition coefficient (Wildman–Crippen LogP) is 11.3. The van der Waals surface area contributed by atoms with E-state index >= 15 is 0 Å². The molecule has 4 nitrogen and oxygen atoms in total. The van der Waals surface area contributed by atoms with Crippen LogP contribution in [0, 0.1) is 0 Å². The summed E-state index contributed by atoms with van der Waals surface area (Å²) in [6.45, 7) is 0. The molecule has 0 amide bonds. The fourth-order valence-electron chi connectivity index (χ4n) is 7.30. The molecule has 0 N–H and O–H groups in total. The van der Waals surface area contributed by atoms with Crippen molar-refractivity contribution in [2.45, 2.75) is 0 Å². The van der Waals surface area contributed by atoms with Gasteiger partial charge in [0.15, 0.2) is 0 Å². The number of benzene rings is 7. The molecular weight excluding hydrogens is 578 g/mol. The molecule has 3 heterocycles. The summed E-state index contributed by atoms with van der Waals surface area (Å²) in [7, 11) is 0. The first-order chi connectivity index (χ1) is 23.2. The number of nitrogens with zero attached hydrogens (tertiary/aromatic N) is 1. The number of aromatic nitrogens is 1. The zero-order valence-corrected chi connectivity index (χ0v) is 25.1. The van der Waals surface area contributed by atoms with Gasteiger partial charge in [-0.25, -0.2) is 4.79 Å². The molecule has 4 heteroatoms. The Bertz CT molecular complexity index is 2930. The second kappa shape index (κ2) is 9.80. The smallest absolute Gasteiger partial charge is 0.344 e. The molecule has 0 saturated carbocycles. The first-order valence-corrected chi connectivity index (χ1v) is 15.7. The van der Waals surface area contributed by atoms with E-state index in [1.165, 1.54) is 16.3 Å². The quantitative estimate of drug-likeness (QED) is 0.149. The van der Waals surface area contributed by atoms with Gasteiger partial charge in [-0.2, -0.15) is 0 Å². The van der Waals surface area contributed by atoms with Crippen molar-refractivity contribution in [1.82, 2.24) is 4.57 Å². The van der Waals surface area contributed by atoms with Crippen LogP contribution in [0.3, 0.4) is 0 Å². The van der Waals surface area contributed by atoms with E-state index in [1.807, 2.05) is 54.6 Å². The lowest BCUT2D eigenvalue weighted by atomic mass is 9.96. The molecule has 0 unspecified atom stereocenters. The largest absolute Gasteiger partial charge is 0.456 e. The van der Waals surface area contributed by atoms with Gasteiger partial charge in [0.2, 0.25) is 0 Å². The van der Waals surface area contributed by atoms with Gasteiger partial charge in [-0.3, -0.25) is 0 Å². The Morgan fingerprint density at radius 2 is 1.09 bits per heavy atom. The summed E-state index contributed by atoms with van der Waals surface area (Å²) >= 11 is 0. The van der Waals surface area contributed by atoms with Crippen molar-refractivity contribution in [3.8, 4) is 27.9 Å². The SMILES string of the molecule is O=c1oc2cc(-c3ccc4c(c3)c3ccccc3n4-c3ccccc3)ccc2c2ccc(-c3cccc4oc5ccccc5c34)cc12. The normalized spacial score (nSPS) is 11.9. The van der Waals surface area contributed by atoms with Crippen LogP contribution in [0.4, 0.5) is 0 Å². The summed E-state index contributed by atoms with van der Waals surface area (Å²) in [5.41, 5.74) is 9.36. The van der Waals surface area contributed by atoms with E-state index in [0.717, 1.165) is 66.2 Å². The first-order valence-electron chi connectivity index (χ1n) is 15.7. The molecule has 0 aliphatic carbocycles. The highest BCUT2D eigenvalue weighted by Crippen LogP contribution is 2.39. The lowest BCUT2D eigenvalue weighted by Crippen LogP contribution is -2.00. The van der Waals surface area contributed by atoms with Crippen molar-refractivity contribution in [1.29, 1.82) is 0 Å². The summed E-state index contributed by atoms with van der Waals surface area (Å²) < 4.78 is 14.4. The molecule has 0 aliphatic heterocycles. The van der Waals surface area contributed by atoms with Gasteiger partial charge in [-0.1, -0.05) is 91.0 Å². The highest BCUT2D eigenvalue weighted by atomic mass is 16.4. The van der Waals surface area contributed by atoms with Crippen molar-refractivity contribution in [3.05, 3.63) is 162 Å². The summed E-state index contributed by atoms with van der Waals surface area (Å²) in [5.74, 6) is 0. The van der Waals surface area contributed by atoms with Crippen LogP contribution in [0.5, 0.6) is 0 Å². The van der Waals surface area contributed by atoms with Crippen LogP contribution in [0.25, 0.3) is 93.4 Å². The highest BCUT2D eigenvalue weighted by molar-refractivity contribution is 6.14. The molecule has 0 atom stereocenters. The highest BCUT2D eigenvalue weighted by Gasteiger charge is 2.16. The monoisotopic (exact) mass is 603 g/mol. The van der Waals surface area contributed by atoms with Crippen LogP contribution in [0.1, 0.15) is 0 Å². The van der Waals surface area contributed by atoms with E-state index in [4.69, 9.17) is 8.83 Å². The minimum atomic E-state index is -0.350. The minimum absolute atomic E-state index is 0.350. The molecule has 220 valence electrons. The average molecular weight is 604 g/mol. The Hall–Kier alpha value is -6.39. The van der Waals surface area contributed by atoms with Gasteiger partial charge >= 0.3 is 5.63 Å². The molecule has 0 fully saturated rings. The molecule has 0 spiro atoms. The second-order valence-corrected chi connectivity index (χ2v) is 12.1. The van der Waals surface area contributed by atoms with Crippen LogP contribution in [0.2, 0.25) is 0 Å². The minimum Gasteiger partial charge on any atom is -0.456 e. The van der Waals surface area contributed by atoms with Crippen molar-refractivity contribution in [3.63, 3.8) is 0 Å². The van der Waals surface area contributed by atoms with Crippen LogP contribution >= 0.6 is 0 Å². The standard InChI is InChI=1S/C43H25NO3/c45-43-36-24-28(30-13-8-16-40-42(30)34-12-5-7-15-39(34)46-40)18-20-31(36)33-21-17-27(25-41(33)47-43)26-19-22-38-35(23-26)32-11-4-6-14-37(32)44(38)29-9-2-1-3-10-29/h1-25H. The molecule has 0 saturated heterocycles. The van der Waals surface area contributed by atoms with Crippen LogP contribution in [-0.2, 0) is 0 Å². The van der Waals surface area contributed by atoms with E-state index in [-0.39, 0.29) is 5.63 Å². The third-order valence-corrected chi connectivity index (χ3v) is 9.45. The number of para-hydroxylation sites is 3. The number of furan rings is 1. The molecular formula is C43H25NO3. The fourth-order valence-corrected chi connectivity index (χ4v) is 7.30. The molecule has 3 aromatic heterocycles. The van der Waals surface area contributed by atoms with Gasteiger partial charge in [0.25, 0.3) is 0 Å². The maximum Gasteiger partial charge on any atom is 0.344 e. The predicted molar refractivity (Wildman–Crippen MR) is 192 cm³/mol. The Kier molecular flexibility index (Phi) is 5.40. The molecule has 0 radical (unpaired) electrons. The van der Waals surface area contributed by atoms with Crippen molar-refractivity contribution in [2.75, 3.05) is 0 Å². The Morgan fingerprint density at radius 3 is 2.00 bits per heavy atom. The van der Waals surface area contributed by atoms with Gasteiger partial charge in [-0.05, 0) is 88.3 Å². The average Bonchev–Trinajstić information content (AvgIpc) is 3.67. The summed E-state index contributed by atoms with van der Waals surface area (Å²) in [6, 6.07) is 51.9. The maximum absolute atomic E-state index is 13.5. The summed E-state index contributed by atoms with van der Waals surface area (Å²) in [6.07, 6.45) is 0. The number of hydrogen-bond acceptors (Lipinski definition) is 3.